The molecule has 0 radical (unpaired) electrons. The van der Waals surface area contributed by atoms with Gasteiger partial charge in [0.1, 0.15) is 17.0 Å². The van der Waals surface area contributed by atoms with Gasteiger partial charge in [-0.25, -0.2) is 9.97 Å². The summed E-state index contributed by atoms with van der Waals surface area (Å²) in [6.07, 6.45) is 7.46. The number of carbonyl (C=O) groups is 1. The zero-order valence-corrected chi connectivity index (χ0v) is 20.1. The predicted molar refractivity (Wildman–Crippen MR) is 136 cm³/mol. The second kappa shape index (κ2) is 8.90. The van der Waals surface area contributed by atoms with Crippen molar-refractivity contribution in [3.05, 3.63) is 64.6 Å². The van der Waals surface area contributed by atoms with Gasteiger partial charge < -0.3 is 20.5 Å². The lowest BCUT2D eigenvalue weighted by molar-refractivity contribution is -0.135. The molecule has 1 aromatic carbocycles. The summed E-state index contributed by atoms with van der Waals surface area (Å²) >= 11 is 1.66. The number of amides is 1. The van der Waals surface area contributed by atoms with Crippen molar-refractivity contribution >= 4 is 50.9 Å². The summed E-state index contributed by atoms with van der Waals surface area (Å²) in [7, 11) is 3.90. The molecule has 1 atom stereocenters. The molecule has 1 aliphatic carbocycles. The Morgan fingerprint density at radius 1 is 1.38 bits per heavy atom. The van der Waals surface area contributed by atoms with Gasteiger partial charge in [0.2, 0.25) is 5.91 Å². The Hall–Kier alpha value is -3.72. The van der Waals surface area contributed by atoms with E-state index >= 15 is 0 Å². The van der Waals surface area contributed by atoms with Crippen LogP contribution in [0.15, 0.2) is 42.9 Å². The van der Waals surface area contributed by atoms with Crippen molar-refractivity contribution in [3.63, 3.8) is 0 Å². The van der Waals surface area contributed by atoms with Crippen molar-refractivity contribution in [1.82, 2.24) is 19.4 Å². The number of anilines is 3. The van der Waals surface area contributed by atoms with Crippen molar-refractivity contribution < 1.29 is 10.2 Å². The second-order valence-corrected chi connectivity index (χ2v) is 9.87. The zero-order chi connectivity index (χ0) is 23.8. The van der Waals surface area contributed by atoms with Crippen LogP contribution in [0.3, 0.4) is 0 Å². The second-order valence-electron chi connectivity index (χ2n) is 8.79. The molecule has 8 nitrogen and oxygen atoms in total. The molecule has 4 aromatic rings. The van der Waals surface area contributed by atoms with Gasteiger partial charge >= 0.3 is 0 Å². The maximum atomic E-state index is 13.2. The molecule has 0 bridgehead atoms. The van der Waals surface area contributed by atoms with Crippen LogP contribution >= 0.6 is 11.3 Å². The van der Waals surface area contributed by atoms with Crippen LogP contribution in [0.2, 0.25) is 0 Å². The number of carbonyl (C=O) groups excluding carboxylic acids is 1. The highest BCUT2D eigenvalue weighted by Crippen LogP contribution is 2.40. The van der Waals surface area contributed by atoms with E-state index in [0.29, 0.717) is 12.2 Å². The van der Waals surface area contributed by atoms with Gasteiger partial charge in [0.05, 0.1) is 17.5 Å². The summed E-state index contributed by atoms with van der Waals surface area (Å²) in [6, 6.07) is 9.69. The molecule has 1 unspecified atom stereocenters. The first-order valence-corrected chi connectivity index (χ1v) is 12.1. The molecule has 5 N–H and O–H groups in total. The number of hydrogen-bond donors (Lipinski definition) is 3. The van der Waals surface area contributed by atoms with Crippen LogP contribution in [0.5, 0.6) is 0 Å². The number of thiophene rings is 1. The average Bonchev–Trinajstić information content (AvgIpc) is 3.42. The van der Waals surface area contributed by atoms with E-state index in [1.165, 1.54) is 16.7 Å². The van der Waals surface area contributed by atoms with Gasteiger partial charge in [-0.15, -0.1) is 11.3 Å². The molecule has 0 saturated heterocycles. The Morgan fingerprint density at radius 2 is 2.24 bits per heavy atom. The molecule has 9 heteroatoms. The first-order valence-electron chi connectivity index (χ1n) is 11.3. The van der Waals surface area contributed by atoms with Crippen molar-refractivity contribution in [2.24, 2.45) is 13.0 Å². The lowest BCUT2D eigenvalue weighted by Gasteiger charge is -2.27. The summed E-state index contributed by atoms with van der Waals surface area (Å²) in [5.41, 5.74) is 10.6. The molecule has 0 aliphatic heterocycles. The average molecular weight is 475 g/mol. The van der Waals surface area contributed by atoms with Gasteiger partial charge in [-0.1, -0.05) is 0 Å². The van der Waals surface area contributed by atoms with E-state index in [9.17, 15) is 4.79 Å². The SMILES string of the molecule is CN(Cc1cccn1C)C(=O)C1CCc2c(sc3ncnc(Nc4ccc(N)c(C=[NH2+])c4)c23)C1. The Labute approximate surface area is 202 Å². The minimum atomic E-state index is -0.0186. The van der Waals surface area contributed by atoms with Crippen molar-refractivity contribution in [2.45, 2.75) is 25.8 Å². The monoisotopic (exact) mass is 474 g/mol. The molecular formula is C25H28N7OS+. The van der Waals surface area contributed by atoms with Gasteiger partial charge in [0.25, 0.3) is 0 Å². The summed E-state index contributed by atoms with van der Waals surface area (Å²) in [5.74, 6) is 0.942. The van der Waals surface area contributed by atoms with Crippen LogP contribution in [0.4, 0.5) is 17.2 Å². The fourth-order valence-corrected chi connectivity index (χ4v) is 5.91. The Balaban J connectivity index is 1.38. The minimum Gasteiger partial charge on any atom is -0.398 e. The largest absolute Gasteiger partial charge is 0.398 e. The summed E-state index contributed by atoms with van der Waals surface area (Å²) in [6.45, 7) is 0.613. The van der Waals surface area contributed by atoms with Crippen LogP contribution in [0.1, 0.15) is 28.1 Å². The number of nitrogen functional groups attached to an aromatic ring is 1. The van der Waals surface area contributed by atoms with Crippen LogP contribution in [-0.4, -0.2) is 38.6 Å². The quantitative estimate of drug-likeness (QED) is 0.293. The van der Waals surface area contributed by atoms with Crippen LogP contribution in [0, 0.1) is 5.92 Å². The fourth-order valence-electron chi connectivity index (χ4n) is 4.64. The van der Waals surface area contributed by atoms with E-state index in [1.54, 1.807) is 17.7 Å². The fraction of sp³-hybridized carbons (Fsp3) is 0.280. The topological polar surface area (TPSA) is 115 Å². The normalized spacial score (nSPS) is 15.2. The molecule has 1 amide bonds. The van der Waals surface area contributed by atoms with Crippen molar-refractivity contribution in [3.8, 4) is 0 Å². The van der Waals surface area contributed by atoms with Gasteiger partial charge in [-0.05, 0) is 55.2 Å². The number of fused-ring (bicyclic) bond motifs is 3. The number of nitrogens with zero attached hydrogens (tertiary/aromatic N) is 4. The third-order valence-electron chi connectivity index (χ3n) is 6.55. The maximum absolute atomic E-state index is 13.2. The molecule has 0 fully saturated rings. The summed E-state index contributed by atoms with van der Waals surface area (Å²) in [4.78, 5) is 26.3. The molecule has 5 rings (SSSR count). The lowest BCUT2D eigenvalue weighted by atomic mass is 9.87. The molecule has 0 saturated carbocycles. The number of nitrogens with one attached hydrogen (secondary N) is 1. The number of aryl methyl sites for hydroxylation is 2. The Morgan fingerprint density at radius 3 is 3.00 bits per heavy atom. The Kier molecular flexibility index (Phi) is 5.79. The highest BCUT2D eigenvalue weighted by Gasteiger charge is 2.31. The first-order chi connectivity index (χ1) is 16.4. The molecule has 34 heavy (non-hydrogen) atoms. The van der Waals surface area contributed by atoms with Crippen LogP contribution < -0.4 is 16.5 Å². The van der Waals surface area contributed by atoms with Crippen LogP contribution in [0.25, 0.3) is 10.2 Å². The van der Waals surface area contributed by atoms with Crippen LogP contribution in [-0.2, 0) is 31.2 Å². The highest BCUT2D eigenvalue weighted by molar-refractivity contribution is 7.19. The number of hydrogen-bond acceptors (Lipinski definition) is 6. The Bertz CT molecular complexity index is 1390. The molecule has 174 valence electrons. The third-order valence-corrected chi connectivity index (χ3v) is 7.71. The number of aromatic nitrogens is 3. The van der Waals surface area contributed by atoms with Gasteiger partial charge in [0, 0.05) is 48.2 Å². The molecular weight excluding hydrogens is 446 g/mol. The van der Waals surface area contributed by atoms with Gasteiger partial charge in [-0.3, -0.25) is 10.2 Å². The zero-order valence-electron chi connectivity index (χ0n) is 19.3. The van der Waals surface area contributed by atoms with Gasteiger partial charge in [-0.2, -0.15) is 0 Å². The first kappa shape index (κ1) is 22.1. The molecule has 3 aromatic heterocycles. The van der Waals surface area contributed by atoms with E-state index in [0.717, 1.165) is 52.2 Å². The van der Waals surface area contributed by atoms with Crippen molar-refractivity contribution in [2.75, 3.05) is 18.1 Å². The summed E-state index contributed by atoms with van der Waals surface area (Å²) in [5, 5.41) is 10.1. The molecule has 1 aliphatic rings. The van der Waals surface area contributed by atoms with Gasteiger partial charge in [0.15, 0.2) is 6.21 Å². The number of benzene rings is 1. The third kappa shape index (κ3) is 4.03. The molecule has 3 heterocycles. The number of rotatable bonds is 6. The van der Waals surface area contributed by atoms with Crippen molar-refractivity contribution in [1.29, 1.82) is 0 Å². The summed E-state index contributed by atoms with van der Waals surface area (Å²) < 4.78 is 2.05. The van der Waals surface area contributed by atoms with E-state index < -0.39 is 0 Å². The van der Waals surface area contributed by atoms with E-state index in [2.05, 4.69) is 25.9 Å². The van der Waals surface area contributed by atoms with E-state index in [-0.39, 0.29) is 11.8 Å². The lowest BCUT2D eigenvalue weighted by Crippen LogP contribution is -2.35. The smallest absolute Gasteiger partial charge is 0.226 e. The van der Waals surface area contributed by atoms with E-state index in [4.69, 9.17) is 11.1 Å². The highest BCUT2D eigenvalue weighted by atomic mass is 32.1. The standard InChI is InChI=1S/C25H27N7OS/c1-31-9-3-4-18(31)13-32(2)25(33)15-5-7-19-21(11-15)34-24-22(19)23(28-14-29-24)30-17-6-8-20(27)16(10-17)12-26/h3-4,6,8-10,12,14-15,26H,5,7,11,13,27H2,1-2H3,(H,28,29,30)/p+1. The molecule has 0 spiro atoms. The van der Waals surface area contributed by atoms with E-state index in [1.807, 2.05) is 49.5 Å². The maximum Gasteiger partial charge on any atom is 0.226 e. The predicted octanol–water partition coefficient (Wildman–Crippen LogP) is 2.30. The number of nitrogens with two attached hydrogens (primary N) is 2. The minimum absolute atomic E-state index is 0.0186.